The summed E-state index contributed by atoms with van der Waals surface area (Å²) in [7, 11) is 0. The van der Waals surface area contributed by atoms with E-state index in [0.717, 1.165) is 0 Å². The fourth-order valence-electron chi connectivity index (χ4n) is 2.05. The van der Waals surface area contributed by atoms with Crippen molar-refractivity contribution >= 4 is 5.82 Å². The Morgan fingerprint density at radius 2 is 2.00 bits per heavy atom. The number of nitrogens with zero attached hydrogens (tertiary/aromatic N) is 4. The molecule has 1 unspecified atom stereocenters. The Balaban J connectivity index is 2.07. The molecule has 0 saturated carbocycles. The molecular formula is C14H21N5O. The van der Waals surface area contributed by atoms with Gasteiger partial charge in [-0.2, -0.15) is 5.10 Å². The number of hydrogen-bond donors (Lipinski definition) is 1. The summed E-state index contributed by atoms with van der Waals surface area (Å²) in [5, 5.41) is 7.31. The van der Waals surface area contributed by atoms with E-state index in [0.29, 0.717) is 24.8 Å². The van der Waals surface area contributed by atoms with Gasteiger partial charge >= 0.3 is 0 Å². The summed E-state index contributed by atoms with van der Waals surface area (Å²) in [5.41, 5.74) is -0.0754. The van der Waals surface area contributed by atoms with Crippen molar-refractivity contribution < 1.29 is 0 Å². The van der Waals surface area contributed by atoms with Gasteiger partial charge in [-0.25, -0.2) is 4.98 Å². The van der Waals surface area contributed by atoms with Crippen molar-refractivity contribution in [3.05, 3.63) is 41.2 Å². The van der Waals surface area contributed by atoms with Gasteiger partial charge in [-0.3, -0.25) is 9.48 Å². The second-order valence-electron chi connectivity index (χ2n) is 5.40. The highest BCUT2D eigenvalue weighted by atomic mass is 16.1. The van der Waals surface area contributed by atoms with Crippen molar-refractivity contribution in [2.75, 3.05) is 5.32 Å². The van der Waals surface area contributed by atoms with Crippen LogP contribution in [0.15, 0.2) is 35.6 Å². The molecule has 0 aliphatic rings. The largest absolute Gasteiger partial charge is 0.361 e. The molecule has 0 amide bonds. The molecule has 108 valence electrons. The molecule has 0 spiro atoms. The van der Waals surface area contributed by atoms with Crippen LogP contribution < -0.4 is 10.9 Å². The van der Waals surface area contributed by atoms with Crippen LogP contribution in [0.4, 0.5) is 5.82 Å². The van der Waals surface area contributed by atoms with Crippen LogP contribution in [0.2, 0.25) is 0 Å². The zero-order chi connectivity index (χ0) is 14.5. The molecule has 2 aromatic rings. The van der Waals surface area contributed by atoms with Crippen LogP contribution in [0.1, 0.15) is 20.8 Å². The first-order valence-corrected chi connectivity index (χ1v) is 6.85. The fraction of sp³-hybridized carbons (Fsp3) is 0.500. The van der Waals surface area contributed by atoms with Gasteiger partial charge in [0.1, 0.15) is 0 Å². The Hall–Kier alpha value is -2.11. The minimum atomic E-state index is -0.0754. The van der Waals surface area contributed by atoms with E-state index in [4.69, 9.17) is 0 Å². The molecule has 2 heterocycles. The average Bonchev–Trinajstić information content (AvgIpc) is 2.86. The van der Waals surface area contributed by atoms with E-state index in [2.05, 4.69) is 29.2 Å². The van der Waals surface area contributed by atoms with E-state index >= 15 is 0 Å². The SMILES string of the molecule is CC(C)Cn1ccnc(NC(C)Cn2cccn2)c1=O. The highest BCUT2D eigenvalue weighted by Crippen LogP contribution is 2.01. The lowest BCUT2D eigenvalue weighted by atomic mass is 10.2. The molecule has 0 aromatic carbocycles. The first-order valence-electron chi connectivity index (χ1n) is 6.85. The summed E-state index contributed by atoms with van der Waals surface area (Å²) >= 11 is 0. The molecular weight excluding hydrogens is 254 g/mol. The van der Waals surface area contributed by atoms with Crippen LogP contribution in [0.5, 0.6) is 0 Å². The van der Waals surface area contributed by atoms with E-state index in [1.165, 1.54) is 0 Å². The second-order valence-corrected chi connectivity index (χ2v) is 5.40. The summed E-state index contributed by atoms with van der Waals surface area (Å²) in [6, 6.07) is 1.95. The Labute approximate surface area is 118 Å². The van der Waals surface area contributed by atoms with Gasteiger partial charge < -0.3 is 9.88 Å². The highest BCUT2D eigenvalue weighted by Gasteiger charge is 2.09. The molecule has 2 rings (SSSR count). The average molecular weight is 275 g/mol. The van der Waals surface area contributed by atoms with Crippen molar-refractivity contribution in [2.45, 2.75) is 39.9 Å². The lowest BCUT2D eigenvalue weighted by Crippen LogP contribution is -2.30. The number of hydrogen-bond acceptors (Lipinski definition) is 4. The minimum Gasteiger partial charge on any atom is -0.361 e. The molecule has 0 aliphatic carbocycles. The monoisotopic (exact) mass is 275 g/mol. The topological polar surface area (TPSA) is 64.7 Å². The third-order valence-electron chi connectivity index (χ3n) is 2.88. The molecule has 6 nitrogen and oxygen atoms in total. The van der Waals surface area contributed by atoms with Gasteiger partial charge in [0.2, 0.25) is 0 Å². The van der Waals surface area contributed by atoms with Crippen LogP contribution in [0, 0.1) is 5.92 Å². The van der Waals surface area contributed by atoms with Gasteiger partial charge in [-0.1, -0.05) is 13.8 Å². The zero-order valence-corrected chi connectivity index (χ0v) is 12.2. The van der Waals surface area contributed by atoms with Crippen molar-refractivity contribution in [1.82, 2.24) is 19.3 Å². The predicted molar refractivity (Wildman–Crippen MR) is 78.6 cm³/mol. The van der Waals surface area contributed by atoms with Gasteiger partial charge in [0.05, 0.1) is 6.54 Å². The first kappa shape index (κ1) is 14.3. The maximum Gasteiger partial charge on any atom is 0.293 e. The van der Waals surface area contributed by atoms with Crippen molar-refractivity contribution in [3.63, 3.8) is 0 Å². The van der Waals surface area contributed by atoms with Crippen LogP contribution in [0.3, 0.4) is 0 Å². The van der Waals surface area contributed by atoms with E-state index in [9.17, 15) is 4.79 Å². The summed E-state index contributed by atoms with van der Waals surface area (Å²) in [4.78, 5) is 16.4. The summed E-state index contributed by atoms with van der Waals surface area (Å²) in [5.74, 6) is 0.817. The third-order valence-corrected chi connectivity index (χ3v) is 2.88. The van der Waals surface area contributed by atoms with Gasteiger partial charge in [-0.15, -0.1) is 0 Å². The number of anilines is 1. The summed E-state index contributed by atoms with van der Waals surface area (Å²) in [6.45, 7) is 7.56. The lowest BCUT2D eigenvalue weighted by molar-refractivity contribution is 0.508. The van der Waals surface area contributed by atoms with Gasteiger partial charge in [-0.05, 0) is 18.9 Å². The fourth-order valence-corrected chi connectivity index (χ4v) is 2.05. The number of aromatic nitrogens is 4. The maximum atomic E-state index is 12.3. The molecule has 1 N–H and O–H groups in total. The number of rotatable bonds is 6. The van der Waals surface area contributed by atoms with Gasteiger partial charge in [0.25, 0.3) is 5.56 Å². The summed E-state index contributed by atoms with van der Waals surface area (Å²) in [6.07, 6.45) is 7.02. The standard InChI is InChI=1S/C14H21N5O/c1-11(2)9-18-8-6-15-13(14(18)20)17-12(3)10-19-7-4-5-16-19/h4-8,11-12H,9-10H2,1-3H3,(H,15,17). The third kappa shape index (κ3) is 3.69. The molecule has 6 heteroatoms. The first-order chi connectivity index (χ1) is 9.56. The lowest BCUT2D eigenvalue weighted by Gasteiger charge is -2.15. The molecule has 20 heavy (non-hydrogen) atoms. The van der Waals surface area contributed by atoms with Gasteiger partial charge in [0.15, 0.2) is 5.82 Å². The van der Waals surface area contributed by atoms with E-state index in [-0.39, 0.29) is 11.6 Å². The van der Waals surface area contributed by atoms with Crippen LogP contribution in [-0.4, -0.2) is 25.4 Å². The van der Waals surface area contributed by atoms with Crippen molar-refractivity contribution in [3.8, 4) is 0 Å². The molecule has 0 bridgehead atoms. The molecule has 1 atom stereocenters. The van der Waals surface area contributed by atoms with Crippen LogP contribution >= 0.6 is 0 Å². The van der Waals surface area contributed by atoms with E-state index < -0.39 is 0 Å². The highest BCUT2D eigenvalue weighted by molar-refractivity contribution is 5.31. The predicted octanol–water partition coefficient (Wildman–Crippen LogP) is 1.60. The van der Waals surface area contributed by atoms with Crippen molar-refractivity contribution in [2.24, 2.45) is 5.92 Å². The summed E-state index contributed by atoms with van der Waals surface area (Å²) < 4.78 is 3.52. The quantitative estimate of drug-likeness (QED) is 0.869. The second kappa shape index (κ2) is 6.36. The maximum absolute atomic E-state index is 12.3. The van der Waals surface area contributed by atoms with E-state index in [1.807, 2.05) is 23.9 Å². The minimum absolute atomic E-state index is 0.0741. The Kier molecular flexibility index (Phi) is 4.55. The molecule has 0 saturated heterocycles. The number of nitrogens with one attached hydrogen (secondary N) is 1. The molecule has 0 aliphatic heterocycles. The van der Waals surface area contributed by atoms with E-state index in [1.54, 1.807) is 23.2 Å². The molecule has 0 radical (unpaired) electrons. The molecule has 2 aromatic heterocycles. The normalized spacial score (nSPS) is 12.6. The van der Waals surface area contributed by atoms with Gasteiger partial charge in [0, 0.05) is 37.4 Å². The molecule has 0 fully saturated rings. The van der Waals surface area contributed by atoms with Crippen molar-refractivity contribution in [1.29, 1.82) is 0 Å². The smallest absolute Gasteiger partial charge is 0.293 e. The Morgan fingerprint density at radius 1 is 1.20 bits per heavy atom. The Bertz CT molecular complexity index is 588. The van der Waals surface area contributed by atoms with Crippen LogP contribution in [0.25, 0.3) is 0 Å². The zero-order valence-electron chi connectivity index (χ0n) is 12.2. The Morgan fingerprint density at radius 3 is 2.65 bits per heavy atom. The van der Waals surface area contributed by atoms with Crippen LogP contribution in [-0.2, 0) is 13.1 Å².